The molecule has 0 saturated heterocycles. The lowest BCUT2D eigenvalue weighted by atomic mass is 10.2. The molecule has 0 radical (unpaired) electrons. The van der Waals surface area contributed by atoms with Crippen LogP contribution < -0.4 is 16.0 Å². The minimum Gasteiger partial charge on any atom is -0.349 e. The van der Waals surface area contributed by atoms with E-state index in [4.69, 9.17) is 0 Å². The van der Waals surface area contributed by atoms with E-state index in [1.54, 1.807) is 24.3 Å². The molecule has 2 amide bonds. The van der Waals surface area contributed by atoms with Gasteiger partial charge in [-0.3, -0.25) is 9.59 Å². The Morgan fingerprint density at radius 2 is 1.68 bits per heavy atom. The van der Waals surface area contributed by atoms with Crippen molar-refractivity contribution in [2.45, 2.75) is 6.18 Å². The van der Waals surface area contributed by atoms with E-state index < -0.39 is 23.6 Å². The molecular weight excluding hydrogens is 335 g/mol. The van der Waals surface area contributed by atoms with Crippen molar-refractivity contribution >= 4 is 28.9 Å². The van der Waals surface area contributed by atoms with E-state index in [0.717, 1.165) is 18.2 Å². The number of nitrogens with one attached hydrogen (secondary N) is 3. The first kappa shape index (κ1) is 16.6. The fourth-order valence-electron chi connectivity index (χ4n) is 2.28. The highest BCUT2D eigenvalue weighted by molar-refractivity contribution is 6.15. The molecule has 8 heteroatoms. The molecule has 0 unspecified atom stereocenters. The molecular formula is C17H12F3N3O2. The van der Waals surface area contributed by atoms with Crippen LogP contribution in [0.1, 0.15) is 5.56 Å². The first-order valence-electron chi connectivity index (χ1n) is 7.20. The van der Waals surface area contributed by atoms with Crippen molar-refractivity contribution in [3.63, 3.8) is 0 Å². The van der Waals surface area contributed by atoms with Gasteiger partial charge in [0.15, 0.2) is 0 Å². The minimum atomic E-state index is -4.51. The molecule has 0 aliphatic carbocycles. The van der Waals surface area contributed by atoms with Gasteiger partial charge in [0.2, 0.25) is 0 Å². The third-order valence-electron chi connectivity index (χ3n) is 3.42. The maximum atomic E-state index is 12.7. The van der Waals surface area contributed by atoms with Crippen LogP contribution in [0.3, 0.4) is 0 Å². The van der Waals surface area contributed by atoms with Gasteiger partial charge >= 0.3 is 6.18 Å². The van der Waals surface area contributed by atoms with Gasteiger partial charge in [-0.1, -0.05) is 18.2 Å². The maximum absolute atomic E-state index is 12.7. The number of hydrogen-bond acceptors (Lipinski definition) is 3. The Morgan fingerprint density at radius 1 is 1.00 bits per heavy atom. The van der Waals surface area contributed by atoms with E-state index in [1.807, 2.05) is 0 Å². The number of para-hydroxylation sites is 2. The molecule has 0 spiro atoms. The number of benzene rings is 2. The average Bonchev–Trinajstić information content (AvgIpc) is 2.55. The second kappa shape index (κ2) is 6.31. The van der Waals surface area contributed by atoms with Gasteiger partial charge in [-0.25, -0.2) is 0 Å². The number of carbonyl (C=O) groups excluding carboxylic acids is 2. The topological polar surface area (TPSA) is 70.2 Å². The van der Waals surface area contributed by atoms with E-state index in [1.165, 1.54) is 12.1 Å². The molecule has 1 heterocycles. The Labute approximate surface area is 140 Å². The Bertz CT molecular complexity index is 875. The number of fused-ring (bicyclic) bond motifs is 1. The van der Waals surface area contributed by atoms with Crippen LogP contribution in [-0.4, -0.2) is 11.8 Å². The smallest absolute Gasteiger partial charge is 0.349 e. The molecule has 0 saturated carbocycles. The second-order valence-corrected chi connectivity index (χ2v) is 5.25. The van der Waals surface area contributed by atoms with Crippen LogP contribution in [0.15, 0.2) is 60.3 Å². The molecule has 25 heavy (non-hydrogen) atoms. The number of rotatable bonds is 2. The van der Waals surface area contributed by atoms with E-state index in [2.05, 4.69) is 16.0 Å². The van der Waals surface area contributed by atoms with E-state index in [9.17, 15) is 22.8 Å². The summed E-state index contributed by atoms with van der Waals surface area (Å²) in [5, 5.41) is 7.73. The van der Waals surface area contributed by atoms with Gasteiger partial charge < -0.3 is 16.0 Å². The van der Waals surface area contributed by atoms with E-state index >= 15 is 0 Å². The van der Waals surface area contributed by atoms with Gasteiger partial charge in [0.05, 0.1) is 16.9 Å². The lowest BCUT2D eigenvalue weighted by Gasteiger charge is -2.20. The molecule has 1 aliphatic rings. The zero-order valence-electron chi connectivity index (χ0n) is 12.6. The standard InChI is InChI=1S/C17H12F3N3O2/c18-17(19,20)10-4-3-5-11(8-10)21-15(24)9-14-16(25)23-13-7-2-1-6-12(13)22-14/h1-9,22H,(H,21,24)(H,23,25). The fourth-order valence-corrected chi connectivity index (χ4v) is 2.28. The van der Waals surface area contributed by atoms with Crippen molar-refractivity contribution in [2.75, 3.05) is 16.0 Å². The van der Waals surface area contributed by atoms with E-state index in [0.29, 0.717) is 11.4 Å². The van der Waals surface area contributed by atoms with Gasteiger partial charge in [-0.05, 0) is 30.3 Å². The van der Waals surface area contributed by atoms with Gasteiger partial charge in [-0.2, -0.15) is 13.2 Å². The van der Waals surface area contributed by atoms with Crippen molar-refractivity contribution in [2.24, 2.45) is 0 Å². The maximum Gasteiger partial charge on any atom is 0.416 e. The molecule has 128 valence electrons. The van der Waals surface area contributed by atoms with Gasteiger partial charge in [0.25, 0.3) is 11.8 Å². The SMILES string of the molecule is O=C(C=C1Nc2ccccc2NC1=O)Nc1cccc(C(F)(F)F)c1. The highest BCUT2D eigenvalue weighted by Crippen LogP contribution is 2.31. The van der Waals surface area contributed by atoms with Crippen molar-refractivity contribution in [3.05, 3.63) is 65.9 Å². The molecule has 0 aromatic heterocycles. The first-order chi connectivity index (χ1) is 11.8. The summed E-state index contributed by atoms with van der Waals surface area (Å²) in [6, 6.07) is 11.1. The quantitative estimate of drug-likeness (QED) is 0.727. The zero-order chi connectivity index (χ0) is 18.0. The summed E-state index contributed by atoms with van der Waals surface area (Å²) in [4.78, 5) is 24.0. The summed E-state index contributed by atoms with van der Waals surface area (Å²) in [5.41, 5.74) is 0.278. The molecule has 3 N–H and O–H groups in total. The van der Waals surface area contributed by atoms with Crippen LogP contribution in [0.4, 0.5) is 30.2 Å². The summed E-state index contributed by atoms with van der Waals surface area (Å²) in [5.74, 6) is -1.24. The lowest BCUT2D eigenvalue weighted by Crippen LogP contribution is -2.27. The molecule has 2 aromatic rings. The monoisotopic (exact) mass is 347 g/mol. The highest BCUT2D eigenvalue weighted by atomic mass is 19.4. The van der Waals surface area contributed by atoms with Crippen molar-refractivity contribution < 1.29 is 22.8 Å². The third kappa shape index (κ3) is 3.79. The molecule has 0 fully saturated rings. The molecule has 0 bridgehead atoms. The van der Waals surface area contributed by atoms with Gasteiger partial charge in [-0.15, -0.1) is 0 Å². The van der Waals surface area contributed by atoms with Crippen molar-refractivity contribution in [1.82, 2.24) is 0 Å². The predicted molar refractivity (Wildman–Crippen MR) is 86.9 cm³/mol. The van der Waals surface area contributed by atoms with E-state index in [-0.39, 0.29) is 11.4 Å². The van der Waals surface area contributed by atoms with Crippen LogP contribution in [0, 0.1) is 0 Å². The first-order valence-corrected chi connectivity index (χ1v) is 7.20. The van der Waals surface area contributed by atoms with Crippen molar-refractivity contribution in [1.29, 1.82) is 0 Å². The number of hydrogen-bond donors (Lipinski definition) is 3. The average molecular weight is 347 g/mol. The summed E-state index contributed by atoms with van der Waals surface area (Å²) < 4.78 is 38.0. The molecule has 2 aromatic carbocycles. The Balaban J connectivity index is 1.77. The minimum absolute atomic E-state index is 0.0109. The summed E-state index contributed by atoms with van der Waals surface area (Å²) >= 11 is 0. The van der Waals surface area contributed by atoms with Crippen LogP contribution in [0.2, 0.25) is 0 Å². The fraction of sp³-hybridized carbons (Fsp3) is 0.0588. The van der Waals surface area contributed by atoms with Gasteiger partial charge in [0.1, 0.15) is 5.70 Å². The highest BCUT2D eigenvalue weighted by Gasteiger charge is 2.30. The predicted octanol–water partition coefficient (Wildman–Crippen LogP) is 3.59. The summed E-state index contributed by atoms with van der Waals surface area (Å²) in [6.45, 7) is 0. The van der Waals surface area contributed by atoms with Crippen LogP contribution in [-0.2, 0) is 15.8 Å². The Kier molecular flexibility index (Phi) is 4.18. The molecule has 3 rings (SSSR count). The number of carbonyl (C=O) groups is 2. The van der Waals surface area contributed by atoms with Crippen LogP contribution in [0.25, 0.3) is 0 Å². The number of halogens is 3. The van der Waals surface area contributed by atoms with Crippen molar-refractivity contribution in [3.8, 4) is 0 Å². The molecule has 5 nitrogen and oxygen atoms in total. The van der Waals surface area contributed by atoms with Crippen LogP contribution >= 0.6 is 0 Å². The number of anilines is 3. The van der Waals surface area contributed by atoms with Crippen LogP contribution in [0.5, 0.6) is 0 Å². The third-order valence-corrected chi connectivity index (χ3v) is 3.42. The lowest BCUT2D eigenvalue weighted by molar-refractivity contribution is -0.137. The molecule has 0 atom stereocenters. The Hall–Kier alpha value is -3.29. The summed E-state index contributed by atoms with van der Waals surface area (Å²) in [6.07, 6.45) is -3.51. The number of amides is 2. The normalized spacial score (nSPS) is 15.2. The molecule has 1 aliphatic heterocycles. The summed E-state index contributed by atoms with van der Waals surface area (Å²) in [7, 11) is 0. The number of alkyl halides is 3. The zero-order valence-corrected chi connectivity index (χ0v) is 12.6. The largest absolute Gasteiger partial charge is 0.416 e. The second-order valence-electron chi connectivity index (χ2n) is 5.25. The Morgan fingerprint density at radius 3 is 2.36 bits per heavy atom. The van der Waals surface area contributed by atoms with Gasteiger partial charge in [0, 0.05) is 11.8 Å².